The fourth-order valence-electron chi connectivity index (χ4n) is 4.22. The molecular weight excluding hydrogens is 422 g/mol. The molecule has 1 aromatic carbocycles. The van der Waals surface area contributed by atoms with Crippen molar-refractivity contribution in [3.63, 3.8) is 0 Å². The Hall–Kier alpha value is -3.88. The van der Waals surface area contributed by atoms with E-state index >= 15 is 0 Å². The van der Waals surface area contributed by atoms with Crippen molar-refractivity contribution in [2.24, 2.45) is 7.05 Å². The minimum absolute atomic E-state index is 0.0609. The fraction of sp³-hybridized carbons (Fsp3) is 0.333. The number of rotatable bonds is 6. The van der Waals surface area contributed by atoms with Crippen LogP contribution in [-0.2, 0) is 7.05 Å². The van der Waals surface area contributed by atoms with Crippen LogP contribution in [0.2, 0.25) is 0 Å². The van der Waals surface area contributed by atoms with Crippen LogP contribution >= 0.6 is 0 Å². The van der Waals surface area contributed by atoms with Crippen LogP contribution in [0, 0.1) is 0 Å². The summed E-state index contributed by atoms with van der Waals surface area (Å²) in [6.45, 7) is 0.973. The highest BCUT2D eigenvalue weighted by Crippen LogP contribution is 2.30. The number of nitrogens with zero attached hydrogens (tertiary/aromatic N) is 4. The van der Waals surface area contributed by atoms with Crippen molar-refractivity contribution in [3.05, 3.63) is 71.7 Å². The van der Waals surface area contributed by atoms with Gasteiger partial charge in [-0.3, -0.25) is 14.3 Å². The van der Waals surface area contributed by atoms with E-state index in [1.54, 1.807) is 35.0 Å². The maximum Gasteiger partial charge on any atom is 0.269 e. The summed E-state index contributed by atoms with van der Waals surface area (Å²) in [6.07, 6.45) is 3.72. The van der Waals surface area contributed by atoms with Crippen LogP contribution < -0.4 is 14.8 Å². The molecule has 1 N–H and O–H groups in total. The number of likely N-dealkylation sites (tertiary alicyclic amines) is 1. The number of aryl methyl sites for hydroxylation is 1. The lowest BCUT2D eigenvalue weighted by Gasteiger charge is -2.39. The van der Waals surface area contributed by atoms with E-state index in [1.165, 1.54) is 20.4 Å². The first-order valence-corrected chi connectivity index (χ1v) is 10.7. The number of piperidine rings is 1. The summed E-state index contributed by atoms with van der Waals surface area (Å²) in [6, 6.07) is 13.1. The van der Waals surface area contributed by atoms with Crippen LogP contribution in [0.25, 0.3) is 0 Å². The maximum atomic E-state index is 13.3. The summed E-state index contributed by atoms with van der Waals surface area (Å²) < 4.78 is 12.0. The SMILES string of the molecule is COc1cc(C(=O)N2CC[C@@H](NC(=O)c3ccnn3C)[C@@H](c3ccccc3)C2)cnc1OC. The Kier molecular flexibility index (Phi) is 6.58. The van der Waals surface area contributed by atoms with E-state index in [4.69, 9.17) is 9.47 Å². The Morgan fingerprint density at radius 3 is 2.58 bits per heavy atom. The third kappa shape index (κ3) is 4.67. The number of amides is 2. The molecule has 3 heterocycles. The summed E-state index contributed by atoms with van der Waals surface area (Å²) in [5, 5.41) is 7.24. The molecule has 0 radical (unpaired) electrons. The molecule has 2 atom stereocenters. The molecule has 4 rings (SSSR count). The van der Waals surface area contributed by atoms with Crippen molar-refractivity contribution in [2.75, 3.05) is 27.3 Å². The summed E-state index contributed by atoms with van der Waals surface area (Å²) in [5.41, 5.74) is 1.99. The van der Waals surface area contributed by atoms with Gasteiger partial charge in [-0.1, -0.05) is 30.3 Å². The average Bonchev–Trinajstić information content (AvgIpc) is 3.29. The molecule has 33 heavy (non-hydrogen) atoms. The number of hydrogen-bond donors (Lipinski definition) is 1. The number of ether oxygens (including phenoxy) is 2. The highest BCUT2D eigenvalue weighted by Gasteiger charge is 2.34. The summed E-state index contributed by atoms with van der Waals surface area (Å²) in [5.74, 6) is 0.355. The van der Waals surface area contributed by atoms with Crippen LogP contribution in [-0.4, -0.2) is 64.8 Å². The summed E-state index contributed by atoms with van der Waals surface area (Å²) >= 11 is 0. The fourth-order valence-corrected chi connectivity index (χ4v) is 4.22. The zero-order valence-corrected chi connectivity index (χ0v) is 18.9. The van der Waals surface area contributed by atoms with Gasteiger partial charge in [0.2, 0.25) is 0 Å². The van der Waals surface area contributed by atoms with E-state index in [9.17, 15) is 9.59 Å². The minimum Gasteiger partial charge on any atom is -0.491 e. The van der Waals surface area contributed by atoms with Crippen LogP contribution in [0.15, 0.2) is 54.9 Å². The normalized spacial score (nSPS) is 18.0. The highest BCUT2D eigenvalue weighted by atomic mass is 16.5. The molecule has 9 nitrogen and oxygen atoms in total. The average molecular weight is 450 g/mol. The molecule has 9 heteroatoms. The molecule has 1 fully saturated rings. The van der Waals surface area contributed by atoms with Crippen LogP contribution in [0.4, 0.5) is 0 Å². The quantitative estimate of drug-likeness (QED) is 0.620. The number of methoxy groups -OCH3 is 2. The van der Waals surface area contributed by atoms with E-state index in [2.05, 4.69) is 15.4 Å². The van der Waals surface area contributed by atoms with Gasteiger partial charge in [-0.25, -0.2) is 4.98 Å². The van der Waals surface area contributed by atoms with Gasteiger partial charge in [-0.15, -0.1) is 0 Å². The molecule has 0 saturated carbocycles. The number of nitrogens with one attached hydrogen (secondary N) is 1. The zero-order chi connectivity index (χ0) is 23.4. The van der Waals surface area contributed by atoms with Crippen molar-refractivity contribution < 1.29 is 19.1 Å². The standard InChI is InChI=1S/C24H27N5O4/c1-28-20(9-11-26-28)22(30)27-19-10-12-29(15-18(19)16-7-5-4-6-8-16)24(31)17-13-21(32-2)23(33-3)25-14-17/h4-9,11,13-14,18-19H,10,12,15H2,1-3H3,(H,27,30)/t18-,19-/m1/s1. The third-order valence-corrected chi connectivity index (χ3v) is 5.98. The van der Waals surface area contributed by atoms with Gasteiger partial charge in [-0.05, 0) is 18.1 Å². The monoisotopic (exact) mass is 449 g/mol. The number of hydrogen-bond acceptors (Lipinski definition) is 6. The number of benzene rings is 1. The second-order valence-electron chi connectivity index (χ2n) is 7.91. The van der Waals surface area contributed by atoms with Crippen molar-refractivity contribution in [3.8, 4) is 11.6 Å². The van der Waals surface area contributed by atoms with E-state index in [0.29, 0.717) is 42.4 Å². The van der Waals surface area contributed by atoms with Gasteiger partial charge in [0.25, 0.3) is 17.7 Å². The second-order valence-corrected chi connectivity index (χ2v) is 7.91. The third-order valence-electron chi connectivity index (χ3n) is 5.98. The Morgan fingerprint density at radius 2 is 1.91 bits per heavy atom. The molecule has 1 aliphatic heterocycles. The highest BCUT2D eigenvalue weighted by molar-refractivity contribution is 5.95. The van der Waals surface area contributed by atoms with Crippen LogP contribution in [0.5, 0.6) is 11.6 Å². The van der Waals surface area contributed by atoms with E-state index in [1.807, 2.05) is 30.3 Å². The lowest BCUT2D eigenvalue weighted by molar-refractivity contribution is 0.0670. The first-order valence-electron chi connectivity index (χ1n) is 10.7. The van der Waals surface area contributed by atoms with Gasteiger partial charge in [0.1, 0.15) is 5.69 Å². The van der Waals surface area contributed by atoms with Gasteiger partial charge < -0.3 is 19.7 Å². The van der Waals surface area contributed by atoms with E-state index < -0.39 is 0 Å². The van der Waals surface area contributed by atoms with Gasteiger partial charge in [-0.2, -0.15) is 5.10 Å². The Bertz CT molecular complexity index is 1130. The molecule has 1 saturated heterocycles. The van der Waals surface area contributed by atoms with Gasteiger partial charge in [0, 0.05) is 50.6 Å². The van der Waals surface area contributed by atoms with E-state index in [-0.39, 0.29) is 23.8 Å². The molecule has 0 bridgehead atoms. The van der Waals surface area contributed by atoms with Crippen molar-refractivity contribution >= 4 is 11.8 Å². The predicted molar refractivity (Wildman–Crippen MR) is 122 cm³/mol. The Balaban J connectivity index is 1.56. The lowest BCUT2D eigenvalue weighted by atomic mass is 9.85. The zero-order valence-electron chi connectivity index (χ0n) is 18.9. The number of carbonyl (C=O) groups excluding carboxylic acids is 2. The number of pyridine rings is 1. The second kappa shape index (κ2) is 9.72. The van der Waals surface area contributed by atoms with Gasteiger partial charge in [0.05, 0.1) is 19.8 Å². The largest absolute Gasteiger partial charge is 0.491 e. The maximum absolute atomic E-state index is 13.3. The smallest absolute Gasteiger partial charge is 0.269 e. The first kappa shape index (κ1) is 22.3. The predicted octanol–water partition coefficient (Wildman–Crippen LogP) is 2.26. The summed E-state index contributed by atoms with van der Waals surface area (Å²) in [4.78, 5) is 32.1. The molecular formula is C24H27N5O4. The molecule has 0 unspecified atom stereocenters. The molecule has 0 spiro atoms. The Morgan fingerprint density at radius 1 is 1.12 bits per heavy atom. The lowest BCUT2D eigenvalue weighted by Crippen LogP contribution is -2.51. The molecule has 0 aliphatic carbocycles. The molecule has 1 aliphatic rings. The van der Waals surface area contributed by atoms with Crippen LogP contribution in [0.1, 0.15) is 38.7 Å². The topological polar surface area (TPSA) is 98.6 Å². The number of carbonyl (C=O) groups is 2. The summed E-state index contributed by atoms with van der Waals surface area (Å²) in [7, 11) is 4.75. The Labute approximate surface area is 192 Å². The van der Waals surface area contributed by atoms with Crippen molar-refractivity contribution in [2.45, 2.75) is 18.4 Å². The van der Waals surface area contributed by atoms with Crippen LogP contribution in [0.3, 0.4) is 0 Å². The molecule has 172 valence electrons. The van der Waals surface area contributed by atoms with Crippen molar-refractivity contribution in [1.29, 1.82) is 0 Å². The van der Waals surface area contributed by atoms with Gasteiger partial charge >= 0.3 is 0 Å². The van der Waals surface area contributed by atoms with Crippen molar-refractivity contribution in [1.82, 2.24) is 25.0 Å². The van der Waals surface area contributed by atoms with E-state index in [0.717, 1.165) is 5.56 Å². The molecule has 3 aromatic rings. The molecule has 2 amide bonds. The first-order chi connectivity index (χ1) is 16.0. The van der Waals surface area contributed by atoms with Gasteiger partial charge in [0.15, 0.2) is 5.75 Å². The molecule has 2 aromatic heterocycles. The minimum atomic E-state index is -0.176. The number of aromatic nitrogens is 3.